The zero-order valence-electron chi connectivity index (χ0n) is 13.1. The Labute approximate surface area is 135 Å². The molecule has 3 rings (SSSR count). The summed E-state index contributed by atoms with van der Waals surface area (Å²) in [5.41, 5.74) is 0. The van der Waals surface area contributed by atoms with Crippen molar-refractivity contribution in [2.24, 2.45) is 5.92 Å². The highest BCUT2D eigenvalue weighted by Crippen LogP contribution is 2.26. The average molecular weight is 324 g/mol. The zero-order valence-corrected chi connectivity index (χ0v) is 13.9. The van der Waals surface area contributed by atoms with Gasteiger partial charge in [0.1, 0.15) is 5.82 Å². The predicted octanol–water partition coefficient (Wildman–Crippen LogP) is 1.75. The highest BCUT2D eigenvalue weighted by Gasteiger charge is 2.24. The van der Waals surface area contributed by atoms with Crippen LogP contribution in [0.3, 0.4) is 0 Å². The fourth-order valence-electron chi connectivity index (χ4n) is 3.13. The minimum absolute atomic E-state index is 0.206. The van der Waals surface area contributed by atoms with E-state index in [0.29, 0.717) is 18.4 Å². The maximum Gasteiger partial charge on any atom is 0.220 e. The smallest absolute Gasteiger partial charge is 0.220 e. The number of nitrogens with one attached hydrogen (secondary N) is 1. The Morgan fingerprint density at radius 3 is 2.68 bits per heavy atom. The molecule has 0 aromatic carbocycles. The first-order valence-electron chi connectivity index (χ1n) is 8.13. The van der Waals surface area contributed by atoms with E-state index in [1.807, 2.05) is 6.92 Å². The normalized spacial score (nSPS) is 21.0. The number of aromatic nitrogens is 2. The van der Waals surface area contributed by atoms with E-state index in [-0.39, 0.29) is 5.91 Å². The van der Waals surface area contributed by atoms with Gasteiger partial charge in [0.25, 0.3) is 0 Å². The van der Waals surface area contributed by atoms with Crippen molar-refractivity contribution in [3.05, 3.63) is 5.82 Å². The third-order valence-electron chi connectivity index (χ3n) is 4.46. The topological polar surface area (TPSA) is 67.4 Å². The molecule has 3 heterocycles. The summed E-state index contributed by atoms with van der Waals surface area (Å²) >= 11 is 1.47. The van der Waals surface area contributed by atoms with Crippen LogP contribution in [0.5, 0.6) is 0 Å². The van der Waals surface area contributed by atoms with E-state index in [2.05, 4.69) is 19.6 Å². The molecule has 1 amide bonds. The minimum atomic E-state index is 0.206. The summed E-state index contributed by atoms with van der Waals surface area (Å²) in [5.74, 6) is 1.54. The Kier molecular flexibility index (Phi) is 5.25. The molecule has 2 aliphatic rings. The van der Waals surface area contributed by atoms with Crippen LogP contribution in [0.25, 0.3) is 0 Å². The summed E-state index contributed by atoms with van der Waals surface area (Å²) in [6, 6.07) is 0.311. The maximum atomic E-state index is 12.1. The van der Waals surface area contributed by atoms with E-state index in [0.717, 1.165) is 62.9 Å². The van der Waals surface area contributed by atoms with Crippen LogP contribution in [0.2, 0.25) is 0 Å². The molecule has 0 spiro atoms. The van der Waals surface area contributed by atoms with Gasteiger partial charge in [0.05, 0.1) is 0 Å². The van der Waals surface area contributed by atoms with Crippen LogP contribution in [0, 0.1) is 12.8 Å². The lowest BCUT2D eigenvalue weighted by molar-refractivity contribution is -0.123. The number of carbonyl (C=O) groups is 1. The largest absolute Gasteiger partial charge is 0.381 e. The van der Waals surface area contributed by atoms with E-state index in [1.54, 1.807) is 0 Å². The van der Waals surface area contributed by atoms with Crippen LogP contribution >= 0.6 is 11.5 Å². The fourth-order valence-corrected chi connectivity index (χ4v) is 3.86. The Bertz CT molecular complexity index is 493. The van der Waals surface area contributed by atoms with Crippen molar-refractivity contribution < 1.29 is 9.53 Å². The van der Waals surface area contributed by atoms with Gasteiger partial charge in [-0.2, -0.15) is 4.37 Å². The Balaban J connectivity index is 1.40. The van der Waals surface area contributed by atoms with Gasteiger partial charge in [-0.05, 0) is 38.5 Å². The molecule has 6 nitrogen and oxygen atoms in total. The van der Waals surface area contributed by atoms with Crippen molar-refractivity contribution in [3.63, 3.8) is 0 Å². The number of hydrogen-bond donors (Lipinski definition) is 1. The van der Waals surface area contributed by atoms with Crippen molar-refractivity contribution in [3.8, 4) is 0 Å². The molecule has 2 fully saturated rings. The van der Waals surface area contributed by atoms with Crippen molar-refractivity contribution in [1.82, 2.24) is 14.7 Å². The number of aryl methyl sites for hydroxylation is 1. The maximum absolute atomic E-state index is 12.1. The molecule has 2 aliphatic heterocycles. The van der Waals surface area contributed by atoms with Crippen LogP contribution < -0.4 is 10.2 Å². The predicted molar refractivity (Wildman–Crippen MR) is 86.2 cm³/mol. The Morgan fingerprint density at radius 2 is 2.05 bits per heavy atom. The molecule has 0 radical (unpaired) electrons. The third-order valence-corrected chi connectivity index (χ3v) is 5.33. The molecule has 122 valence electrons. The van der Waals surface area contributed by atoms with E-state index in [4.69, 9.17) is 4.74 Å². The van der Waals surface area contributed by atoms with Crippen LogP contribution in [-0.4, -0.2) is 47.6 Å². The quantitative estimate of drug-likeness (QED) is 0.914. The Morgan fingerprint density at radius 1 is 1.32 bits per heavy atom. The average Bonchev–Trinajstić information content (AvgIpc) is 2.95. The minimum Gasteiger partial charge on any atom is -0.381 e. The van der Waals surface area contributed by atoms with Crippen molar-refractivity contribution in [2.45, 2.75) is 45.1 Å². The van der Waals surface area contributed by atoms with Gasteiger partial charge in [-0.25, -0.2) is 4.98 Å². The van der Waals surface area contributed by atoms with Crippen molar-refractivity contribution in [1.29, 1.82) is 0 Å². The number of rotatable bonds is 4. The lowest BCUT2D eigenvalue weighted by Crippen LogP contribution is -2.41. The summed E-state index contributed by atoms with van der Waals surface area (Å²) in [5, 5.41) is 4.18. The second-order valence-corrected chi connectivity index (χ2v) is 6.94. The molecule has 22 heavy (non-hydrogen) atoms. The summed E-state index contributed by atoms with van der Waals surface area (Å²) < 4.78 is 9.56. The molecule has 0 atom stereocenters. The number of ether oxygens (including phenoxy) is 1. The molecule has 1 aromatic rings. The molecule has 0 unspecified atom stereocenters. The number of amides is 1. The van der Waals surface area contributed by atoms with Crippen LogP contribution in [-0.2, 0) is 9.53 Å². The van der Waals surface area contributed by atoms with Gasteiger partial charge in [0.15, 0.2) is 0 Å². The standard InChI is InChI=1S/C15H24N4O2S/c1-11-16-15(22-18-11)19-6-2-12(3-7-19)10-14(20)17-13-4-8-21-9-5-13/h12-13H,2-10H2,1H3,(H,17,20). The van der Waals surface area contributed by atoms with Gasteiger partial charge < -0.3 is 15.0 Å². The van der Waals surface area contributed by atoms with Gasteiger partial charge in [0, 0.05) is 50.3 Å². The molecular weight excluding hydrogens is 300 g/mol. The fraction of sp³-hybridized carbons (Fsp3) is 0.800. The van der Waals surface area contributed by atoms with Crippen molar-refractivity contribution in [2.75, 3.05) is 31.2 Å². The van der Waals surface area contributed by atoms with Crippen LogP contribution in [0.1, 0.15) is 37.9 Å². The van der Waals surface area contributed by atoms with Crippen molar-refractivity contribution >= 4 is 22.6 Å². The van der Waals surface area contributed by atoms with E-state index in [1.165, 1.54) is 11.5 Å². The molecule has 1 aromatic heterocycles. The molecule has 0 saturated carbocycles. The monoisotopic (exact) mass is 324 g/mol. The summed E-state index contributed by atoms with van der Waals surface area (Å²) in [6.07, 6.45) is 4.65. The SMILES string of the molecule is Cc1nsc(N2CCC(CC(=O)NC3CCOCC3)CC2)n1. The van der Waals surface area contributed by atoms with Gasteiger partial charge in [-0.3, -0.25) is 4.79 Å². The van der Waals surface area contributed by atoms with Crippen LogP contribution in [0.15, 0.2) is 0 Å². The third kappa shape index (κ3) is 4.16. The second-order valence-electron chi connectivity index (χ2n) is 6.21. The van der Waals surface area contributed by atoms with Gasteiger partial charge in [-0.15, -0.1) is 0 Å². The van der Waals surface area contributed by atoms with E-state index in [9.17, 15) is 4.79 Å². The second kappa shape index (κ2) is 7.37. The van der Waals surface area contributed by atoms with E-state index < -0.39 is 0 Å². The molecule has 2 saturated heterocycles. The van der Waals surface area contributed by atoms with Gasteiger partial charge in [0.2, 0.25) is 11.0 Å². The van der Waals surface area contributed by atoms with Crippen LogP contribution in [0.4, 0.5) is 5.13 Å². The molecular formula is C15H24N4O2S. The summed E-state index contributed by atoms with van der Waals surface area (Å²) in [7, 11) is 0. The first-order chi connectivity index (χ1) is 10.7. The highest BCUT2D eigenvalue weighted by molar-refractivity contribution is 7.09. The lowest BCUT2D eigenvalue weighted by atomic mass is 9.93. The molecule has 1 N–H and O–H groups in total. The number of anilines is 1. The number of nitrogens with zero attached hydrogens (tertiary/aromatic N) is 3. The molecule has 7 heteroatoms. The number of hydrogen-bond acceptors (Lipinski definition) is 6. The van der Waals surface area contributed by atoms with Gasteiger partial charge >= 0.3 is 0 Å². The number of piperidine rings is 1. The first kappa shape index (κ1) is 15.7. The first-order valence-corrected chi connectivity index (χ1v) is 8.90. The summed E-state index contributed by atoms with van der Waals surface area (Å²) in [4.78, 5) is 18.9. The number of carbonyl (C=O) groups excluding carboxylic acids is 1. The molecule has 0 bridgehead atoms. The highest BCUT2D eigenvalue weighted by atomic mass is 32.1. The van der Waals surface area contributed by atoms with Gasteiger partial charge in [-0.1, -0.05) is 0 Å². The summed E-state index contributed by atoms with van der Waals surface area (Å²) in [6.45, 7) is 5.41. The lowest BCUT2D eigenvalue weighted by Gasteiger charge is -2.31. The van der Waals surface area contributed by atoms with E-state index >= 15 is 0 Å². The zero-order chi connectivity index (χ0) is 15.4. The Hall–Kier alpha value is -1.21. The molecule has 0 aliphatic carbocycles.